The molecule has 0 atom stereocenters. The summed E-state index contributed by atoms with van der Waals surface area (Å²) in [6, 6.07) is 5.99. The van der Waals surface area contributed by atoms with Gasteiger partial charge in [0.25, 0.3) is 15.6 Å². The van der Waals surface area contributed by atoms with Crippen molar-refractivity contribution in [2.45, 2.75) is 38.3 Å². The number of sulfonamides is 1. The molecule has 1 aromatic heterocycles. The molecule has 0 amide bonds. The quantitative estimate of drug-likeness (QED) is 0.869. The van der Waals surface area contributed by atoms with Crippen LogP contribution in [0.1, 0.15) is 20.8 Å². The van der Waals surface area contributed by atoms with E-state index in [1.807, 2.05) is 13.8 Å². The van der Waals surface area contributed by atoms with Crippen LogP contribution in [-0.2, 0) is 16.6 Å². The van der Waals surface area contributed by atoms with Crippen LogP contribution < -0.4 is 15.0 Å². The second-order valence-electron chi connectivity index (χ2n) is 5.14. The van der Waals surface area contributed by atoms with Crippen molar-refractivity contribution in [3.05, 3.63) is 47.1 Å². The van der Waals surface area contributed by atoms with Crippen LogP contribution in [-0.4, -0.2) is 24.1 Å². The number of aryl methyl sites for hydroxylation is 1. The normalized spacial score (nSPS) is 11.5. The van der Waals surface area contributed by atoms with Gasteiger partial charge in [-0.1, -0.05) is 0 Å². The Kier molecular flexibility index (Phi) is 5.05. The first-order valence-corrected chi connectivity index (χ1v) is 8.65. The number of ether oxygens (including phenoxy) is 1. The molecule has 0 saturated heterocycles. The predicted molar refractivity (Wildman–Crippen MR) is 87.2 cm³/mol. The molecule has 0 bridgehead atoms. The highest BCUT2D eigenvalue weighted by Crippen LogP contribution is 2.18. The molecular formula is C15H19N3O4S. The van der Waals surface area contributed by atoms with E-state index in [2.05, 4.69) is 9.71 Å². The van der Waals surface area contributed by atoms with Gasteiger partial charge in [-0.3, -0.25) is 14.1 Å². The minimum atomic E-state index is -3.86. The first kappa shape index (κ1) is 17.0. The predicted octanol–water partition coefficient (Wildman–Crippen LogP) is 1.85. The molecule has 0 saturated carbocycles. The molecule has 2 aromatic rings. The monoisotopic (exact) mass is 337 g/mol. The molecule has 8 heteroatoms. The van der Waals surface area contributed by atoms with Gasteiger partial charge in [0.15, 0.2) is 0 Å². The Morgan fingerprint density at radius 3 is 2.48 bits per heavy atom. The van der Waals surface area contributed by atoms with Gasteiger partial charge in [-0.05, 0) is 45.0 Å². The minimum absolute atomic E-state index is 0.00140. The molecule has 0 spiro atoms. The molecule has 0 unspecified atom stereocenters. The van der Waals surface area contributed by atoms with Crippen molar-refractivity contribution in [3.8, 4) is 5.75 Å². The van der Waals surface area contributed by atoms with Gasteiger partial charge in [0.2, 0.25) is 0 Å². The van der Waals surface area contributed by atoms with Crippen molar-refractivity contribution in [2.24, 2.45) is 0 Å². The minimum Gasteiger partial charge on any atom is -0.491 e. The van der Waals surface area contributed by atoms with Crippen LogP contribution in [0.4, 0.5) is 5.69 Å². The summed E-state index contributed by atoms with van der Waals surface area (Å²) < 4.78 is 33.8. The summed E-state index contributed by atoms with van der Waals surface area (Å²) in [6.07, 6.45) is 2.55. The maximum Gasteiger partial charge on any atom is 0.277 e. The second-order valence-corrected chi connectivity index (χ2v) is 6.82. The van der Waals surface area contributed by atoms with Crippen LogP contribution in [0.15, 0.2) is 46.5 Å². The molecule has 1 heterocycles. The van der Waals surface area contributed by atoms with Crippen LogP contribution in [0.3, 0.4) is 0 Å². The molecule has 23 heavy (non-hydrogen) atoms. The highest BCUT2D eigenvalue weighted by molar-refractivity contribution is 7.92. The molecule has 0 aliphatic carbocycles. The Morgan fingerprint density at radius 2 is 1.91 bits per heavy atom. The molecule has 124 valence electrons. The van der Waals surface area contributed by atoms with E-state index in [0.717, 1.165) is 0 Å². The number of nitrogens with zero attached hydrogens (tertiary/aromatic N) is 2. The lowest BCUT2D eigenvalue weighted by molar-refractivity contribution is 0.242. The first-order valence-electron chi connectivity index (χ1n) is 7.17. The average Bonchev–Trinajstić information content (AvgIpc) is 2.49. The standard InChI is InChI=1S/C15H19N3O4S/c1-4-18-10-16-9-14(15(18)19)17-23(20,21)13-7-5-12(6-8-13)22-11(2)3/h5-11,17H,4H2,1-3H3. The molecule has 0 aliphatic heterocycles. The number of rotatable bonds is 6. The Balaban J connectivity index is 2.27. The summed E-state index contributed by atoms with van der Waals surface area (Å²) >= 11 is 0. The zero-order valence-electron chi connectivity index (χ0n) is 13.2. The van der Waals surface area contributed by atoms with Gasteiger partial charge in [0, 0.05) is 6.54 Å². The van der Waals surface area contributed by atoms with Crippen molar-refractivity contribution < 1.29 is 13.2 Å². The highest BCUT2D eigenvalue weighted by atomic mass is 32.2. The molecule has 7 nitrogen and oxygen atoms in total. The van der Waals surface area contributed by atoms with Gasteiger partial charge in [-0.25, -0.2) is 13.4 Å². The lowest BCUT2D eigenvalue weighted by Gasteiger charge is -2.11. The van der Waals surface area contributed by atoms with E-state index in [1.165, 1.54) is 29.2 Å². The Labute approximate surface area is 135 Å². The summed E-state index contributed by atoms with van der Waals surface area (Å²) in [4.78, 5) is 16.0. The van der Waals surface area contributed by atoms with Gasteiger partial charge in [-0.2, -0.15) is 0 Å². The number of anilines is 1. The van der Waals surface area contributed by atoms with Gasteiger partial charge >= 0.3 is 0 Å². The fourth-order valence-corrected chi connectivity index (χ4v) is 2.96. The fourth-order valence-electron chi connectivity index (χ4n) is 1.92. The Hall–Kier alpha value is -2.35. The van der Waals surface area contributed by atoms with Crippen LogP contribution in [0.5, 0.6) is 5.75 Å². The van der Waals surface area contributed by atoms with Gasteiger partial charge in [0.1, 0.15) is 11.4 Å². The third-order valence-corrected chi connectivity index (χ3v) is 4.37. The lowest BCUT2D eigenvalue weighted by Crippen LogP contribution is -2.25. The Bertz CT molecular complexity index is 827. The fraction of sp³-hybridized carbons (Fsp3) is 0.333. The third-order valence-electron chi connectivity index (χ3n) is 2.99. The number of aromatic nitrogens is 2. The molecule has 1 aromatic carbocycles. The topological polar surface area (TPSA) is 90.3 Å². The van der Waals surface area contributed by atoms with Crippen LogP contribution in [0, 0.1) is 0 Å². The van der Waals surface area contributed by atoms with E-state index >= 15 is 0 Å². The van der Waals surface area contributed by atoms with E-state index in [-0.39, 0.29) is 16.7 Å². The van der Waals surface area contributed by atoms with E-state index in [1.54, 1.807) is 19.1 Å². The van der Waals surface area contributed by atoms with Crippen LogP contribution in [0.25, 0.3) is 0 Å². The van der Waals surface area contributed by atoms with Gasteiger partial charge < -0.3 is 4.74 Å². The van der Waals surface area contributed by atoms with Crippen molar-refractivity contribution in [1.82, 2.24) is 9.55 Å². The Morgan fingerprint density at radius 1 is 1.26 bits per heavy atom. The average molecular weight is 337 g/mol. The summed E-state index contributed by atoms with van der Waals surface area (Å²) in [6.45, 7) is 5.94. The largest absolute Gasteiger partial charge is 0.491 e. The molecular weight excluding hydrogens is 318 g/mol. The summed E-state index contributed by atoms with van der Waals surface area (Å²) in [5, 5.41) is 0. The number of nitrogens with one attached hydrogen (secondary N) is 1. The second kappa shape index (κ2) is 6.82. The van der Waals surface area contributed by atoms with Crippen molar-refractivity contribution in [1.29, 1.82) is 0 Å². The SMILES string of the molecule is CCn1cncc(NS(=O)(=O)c2ccc(OC(C)C)cc2)c1=O. The summed E-state index contributed by atoms with van der Waals surface area (Å²) in [5.41, 5.74) is -0.525. The molecule has 0 radical (unpaired) electrons. The lowest BCUT2D eigenvalue weighted by atomic mass is 10.3. The van der Waals surface area contributed by atoms with E-state index in [0.29, 0.717) is 12.3 Å². The number of benzene rings is 1. The van der Waals surface area contributed by atoms with Crippen LogP contribution >= 0.6 is 0 Å². The molecule has 2 rings (SSSR count). The maximum atomic E-state index is 12.4. The van der Waals surface area contributed by atoms with E-state index in [4.69, 9.17) is 4.74 Å². The zero-order valence-corrected chi connectivity index (χ0v) is 14.0. The summed E-state index contributed by atoms with van der Waals surface area (Å²) in [7, 11) is -3.86. The van der Waals surface area contributed by atoms with Gasteiger partial charge in [0.05, 0.1) is 23.5 Å². The van der Waals surface area contributed by atoms with Gasteiger partial charge in [-0.15, -0.1) is 0 Å². The van der Waals surface area contributed by atoms with Crippen molar-refractivity contribution >= 4 is 15.7 Å². The highest BCUT2D eigenvalue weighted by Gasteiger charge is 2.17. The molecule has 0 aliphatic rings. The smallest absolute Gasteiger partial charge is 0.277 e. The first-order chi connectivity index (χ1) is 10.8. The zero-order chi connectivity index (χ0) is 17.0. The maximum absolute atomic E-state index is 12.4. The van der Waals surface area contributed by atoms with E-state index in [9.17, 15) is 13.2 Å². The number of hydrogen-bond donors (Lipinski definition) is 1. The van der Waals surface area contributed by atoms with Crippen molar-refractivity contribution in [2.75, 3.05) is 4.72 Å². The third kappa shape index (κ3) is 4.10. The van der Waals surface area contributed by atoms with E-state index < -0.39 is 15.6 Å². The molecule has 0 fully saturated rings. The summed E-state index contributed by atoms with van der Waals surface area (Å²) in [5.74, 6) is 0.577. The van der Waals surface area contributed by atoms with Crippen LogP contribution in [0.2, 0.25) is 0 Å². The van der Waals surface area contributed by atoms with Crippen molar-refractivity contribution in [3.63, 3.8) is 0 Å². The number of hydrogen-bond acceptors (Lipinski definition) is 5. The molecule has 1 N–H and O–H groups in total.